The normalized spacial score (nSPS) is 11.4. The molecule has 0 fully saturated rings. The fraction of sp³-hybridized carbons (Fsp3) is 0.185. The fourth-order valence-electron chi connectivity index (χ4n) is 3.65. The smallest absolute Gasteiger partial charge is 0.251 e. The molecule has 0 aliphatic heterocycles. The molecule has 4 aromatic rings. The molecule has 6 heteroatoms. The largest absolute Gasteiger partial charge is 0.348 e. The van der Waals surface area contributed by atoms with Crippen LogP contribution in [0.5, 0.6) is 0 Å². The molecule has 1 heterocycles. The molecule has 0 spiro atoms. The Hall–Kier alpha value is -3.51. The summed E-state index contributed by atoms with van der Waals surface area (Å²) in [7, 11) is -3.58. The van der Waals surface area contributed by atoms with Crippen LogP contribution in [0.3, 0.4) is 0 Å². The Bertz CT molecular complexity index is 1360. The van der Waals surface area contributed by atoms with Crippen LogP contribution in [0.1, 0.15) is 41.3 Å². The highest BCUT2D eigenvalue weighted by Gasteiger charge is 2.17. The molecule has 5 nitrogen and oxygen atoms in total. The third kappa shape index (κ3) is 5.29. The van der Waals surface area contributed by atoms with Gasteiger partial charge in [-0.15, -0.1) is 0 Å². The summed E-state index contributed by atoms with van der Waals surface area (Å²) < 4.78 is 25.9. The van der Waals surface area contributed by atoms with Gasteiger partial charge in [0.2, 0.25) is 9.84 Å². The number of amides is 1. The Morgan fingerprint density at radius 2 is 1.52 bits per heavy atom. The van der Waals surface area contributed by atoms with Crippen molar-refractivity contribution in [3.05, 3.63) is 102 Å². The van der Waals surface area contributed by atoms with Gasteiger partial charge in [0.15, 0.2) is 0 Å². The number of aromatic nitrogens is 1. The number of carbonyl (C=O) groups excluding carboxylic acids is 1. The molecule has 0 radical (unpaired) electrons. The first-order valence-corrected chi connectivity index (χ1v) is 12.5. The van der Waals surface area contributed by atoms with E-state index in [-0.39, 0.29) is 15.7 Å². The lowest BCUT2D eigenvalue weighted by atomic mass is 10.1. The molecule has 0 bridgehead atoms. The van der Waals surface area contributed by atoms with Gasteiger partial charge in [-0.05, 0) is 71.8 Å². The van der Waals surface area contributed by atoms with Crippen LogP contribution in [0.4, 0.5) is 0 Å². The molecule has 1 N–H and O–H groups in total. The molecule has 4 rings (SSSR count). The molecule has 0 aliphatic rings. The summed E-state index contributed by atoms with van der Waals surface area (Å²) in [5.41, 5.74) is 2.52. The van der Waals surface area contributed by atoms with E-state index in [0.29, 0.717) is 12.1 Å². The average Bonchev–Trinajstić information content (AvgIpc) is 2.86. The van der Waals surface area contributed by atoms with Crippen molar-refractivity contribution < 1.29 is 13.2 Å². The summed E-state index contributed by atoms with van der Waals surface area (Å²) in [5.74, 6) is -0.194. The highest BCUT2D eigenvalue weighted by atomic mass is 32.2. The lowest BCUT2D eigenvalue weighted by molar-refractivity contribution is 0.0951. The van der Waals surface area contributed by atoms with Gasteiger partial charge >= 0.3 is 0 Å². The van der Waals surface area contributed by atoms with E-state index in [2.05, 4.69) is 17.2 Å². The minimum Gasteiger partial charge on any atom is -0.348 e. The summed E-state index contributed by atoms with van der Waals surface area (Å²) in [6.07, 6.45) is 6.58. The number of rotatable bonds is 8. The van der Waals surface area contributed by atoms with Crippen molar-refractivity contribution in [2.75, 3.05) is 0 Å². The maximum absolute atomic E-state index is 13.0. The lowest BCUT2D eigenvalue weighted by Crippen LogP contribution is -2.22. The maximum atomic E-state index is 13.0. The maximum Gasteiger partial charge on any atom is 0.251 e. The number of carbonyl (C=O) groups is 1. The first kappa shape index (κ1) is 22.7. The summed E-state index contributed by atoms with van der Waals surface area (Å²) >= 11 is 0. The lowest BCUT2D eigenvalue weighted by Gasteiger charge is -2.09. The molecule has 168 valence electrons. The zero-order valence-electron chi connectivity index (χ0n) is 18.5. The molecular formula is C27H26N2O3S. The molecule has 1 aromatic heterocycles. The quantitative estimate of drug-likeness (QED) is 0.387. The van der Waals surface area contributed by atoms with Crippen LogP contribution in [0.15, 0.2) is 95.0 Å². The van der Waals surface area contributed by atoms with E-state index in [9.17, 15) is 13.2 Å². The Morgan fingerprint density at radius 1 is 0.848 bits per heavy atom. The van der Waals surface area contributed by atoms with Gasteiger partial charge in [-0.3, -0.25) is 9.78 Å². The van der Waals surface area contributed by atoms with Gasteiger partial charge < -0.3 is 5.32 Å². The number of benzene rings is 3. The second-order valence-corrected chi connectivity index (χ2v) is 9.96. The van der Waals surface area contributed by atoms with Crippen molar-refractivity contribution in [3.8, 4) is 0 Å². The van der Waals surface area contributed by atoms with Gasteiger partial charge in [0.25, 0.3) is 5.91 Å². The first-order chi connectivity index (χ1) is 16.0. The van der Waals surface area contributed by atoms with E-state index < -0.39 is 9.84 Å². The predicted octanol–water partition coefficient (Wildman–Crippen LogP) is 5.34. The van der Waals surface area contributed by atoms with Crippen LogP contribution in [-0.4, -0.2) is 19.3 Å². The van der Waals surface area contributed by atoms with Crippen LogP contribution in [-0.2, 0) is 22.8 Å². The number of unbranched alkanes of at least 4 members (excludes halogenated alkanes) is 1. The number of aryl methyl sites for hydroxylation is 1. The van der Waals surface area contributed by atoms with Gasteiger partial charge in [0.05, 0.1) is 9.79 Å². The molecule has 0 saturated heterocycles. The second-order valence-electron chi connectivity index (χ2n) is 8.02. The van der Waals surface area contributed by atoms with Gasteiger partial charge in [-0.1, -0.05) is 43.7 Å². The molecule has 0 saturated carbocycles. The standard InChI is InChI=1S/C27H26N2O3S/c1-2-3-4-20-5-11-25(12-6-20)33(31,32)26-13-7-21(8-14-26)18-29-27(30)23-10-9-22-15-16-28-19-24(22)17-23/h5-17,19H,2-4,18H2,1H3,(H,29,30). The number of hydrogen-bond acceptors (Lipinski definition) is 4. The molecular weight excluding hydrogens is 432 g/mol. The molecule has 1 amide bonds. The summed E-state index contributed by atoms with van der Waals surface area (Å²) in [5, 5.41) is 4.81. The third-order valence-corrected chi connectivity index (χ3v) is 7.43. The zero-order chi connectivity index (χ0) is 23.3. The predicted molar refractivity (Wildman–Crippen MR) is 130 cm³/mol. The number of pyridine rings is 1. The minimum atomic E-state index is -3.58. The summed E-state index contributed by atoms with van der Waals surface area (Å²) in [6, 6.07) is 21.1. The first-order valence-electron chi connectivity index (χ1n) is 11.0. The highest BCUT2D eigenvalue weighted by Crippen LogP contribution is 2.22. The summed E-state index contributed by atoms with van der Waals surface area (Å²) in [6.45, 7) is 2.44. The van der Waals surface area contributed by atoms with Crippen LogP contribution < -0.4 is 5.32 Å². The van der Waals surface area contributed by atoms with Crippen molar-refractivity contribution in [1.29, 1.82) is 0 Å². The highest BCUT2D eigenvalue weighted by molar-refractivity contribution is 7.91. The van der Waals surface area contributed by atoms with Crippen molar-refractivity contribution in [2.24, 2.45) is 0 Å². The van der Waals surface area contributed by atoms with Gasteiger partial charge in [0, 0.05) is 29.9 Å². The molecule has 33 heavy (non-hydrogen) atoms. The van der Waals surface area contributed by atoms with Crippen LogP contribution in [0, 0.1) is 0 Å². The Morgan fingerprint density at radius 3 is 2.18 bits per heavy atom. The molecule has 3 aromatic carbocycles. The monoisotopic (exact) mass is 458 g/mol. The van der Waals surface area contributed by atoms with Crippen molar-refractivity contribution in [2.45, 2.75) is 42.5 Å². The van der Waals surface area contributed by atoms with E-state index in [1.807, 2.05) is 24.3 Å². The minimum absolute atomic E-state index is 0.194. The zero-order valence-corrected chi connectivity index (χ0v) is 19.3. The van der Waals surface area contributed by atoms with E-state index in [1.165, 1.54) is 0 Å². The Balaban J connectivity index is 1.41. The summed E-state index contributed by atoms with van der Waals surface area (Å²) in [4.78, 5) is 17.2. The van der Waals surface area contributed by atoms with Crippen LogP contribution >= 0.6 is 0 Å². The third-order valence-electron chi connectivity index (χ3n) is 5.64. The van der Waals surface area contributed by atoms with Gasteiger partial charge in [-0.2, -0.15) is 0 Å². The van der Waals surface area contributed by atoms with E-state index >= 15 is 0 Å². The fourth-order valence-corrected chi connectivity index (χ4v) is 4.91. The van der Waals surface area contributed by atoms with Crippen LogP contribution in [0.2, 0.25) is 0 Å². The molecule has 0 aliphatic carbocycles. The number of nitrogens with one attached hydrogen (secondary N) is 1. The van der Waals surface area contributed by atoms with Gasteiger partial charge in [-0.25, -0.2) is 8.42 Å². The number of nitrogens with zero attached hydrogens (tertiary/aromatic N) is 1. The molecule has 0 unspecified atom stereocenters. The Labute approximate surface area is 194 Å². The van der Waals surface area contributed by atoms with Crippen molar-refractivity contribution in [1.82, 2.24) is 10.3 Å². The molecule has 0 atom stereocenters. The van der Waals surface area contributed by atoms with Crippen molar-refractivity contribution in [3.63, 3.8) is 0 Å². The topological polar surface area (TPSA) is 76.1 Å². The van der Waals surface area contributed by atoms with Crippen molar-refractivity contribution >= 4 is 26.5 Å². The second kappa shape index (κ2) is 9.96. The number of fused-ring (bicyclic) bond motifs is 1. The van der Waals surface area contributed by atoms with E-state index in [0.717, 1.165) is 41.2 Å². The van der Waals surface area contributed by atoms with E-state index in [1.54, 1.807) is 60.9 Å². The van der Waals surface area contributed by atoms with Crippen LogP contribution in [0.25, 0.3) is 10.8 Å². The SMILES string of the molecule is CCCCc1ccc(S(=O)(=O)c2ccc(CNC(=O)c3ccc4ccncc4c3)cc2)cc1. The Kier molecular flexibility index (Phi) is 6.84. The average molecular weight is 459 g/mol. The number of sulfone groups is 1. The van der Waals surface area contributed by atoms with E-state index in [4.69, 9.17) is 0 Å². The number of hydrogen-bond donors (Lipinski definition) is 1. The van der Waals surface area contributed by atoms with Gasteiger partial charge in [0.1, 0.15) is 0 Å².